The Morgan fingerprint density at radius 2 is 1.92 bits per heavy atom. The normalized spacial score (nSPS) is 14.4. The summed E-state index contributed by atoms with van der Waals surface area (Å²) >= 11 is 2.07. The van der Waals surface area contributed by atoms with Crippen molar-refractivity contribution >= 4 is 11.8 Å². The molecule has 0 saturated carbocycles. The van der Waals surface area contributed by atoms with Gasteiger partial charge in [-0.25, -0.2) is 0 Å². The van der Waals surface area contributed by atoms with Crippen molar-refractivity contribution in [3.8, 4) is 0 Å². The van der Waals surface area contributed by atoms with Crippen LogP contribution >= 0.6 is 11.8 Å². The predicted molar refractivity (Wildman–Crippen MR) is 60.9 cm³/mol. The highest BCUT2D eigenvalue weighted by molar-refractivity contribution is 8.01. The lowest BCUT2D eigenvalue weighted by atomic mass is 10.1. The molecule has 0 fully saturated rings. The summed E-state index contributed by atoms with van der Waals surface area (Å²) in [4.78, 5) is 0. The first-order valence-electron chi connectivity index (χ1n) is 4.67. The van der Waals surface area contributed by atoms with Crippen LogP contribution in [0.15, 0.2) is 12.2 Å². The minimum atomic E-state index is 0.385. The molecule has 0 amide bonds. The topological polar surface area (TPSA) is 0 Å². The molecule has 0 aliphatic carbocycles. The van der Waals surface area contributed by atoms with Gasteiger partial charge >= 0.3 is 0 Å². The Bertz CT molecular complexity index is 142. The third kappa shape index (κ3) is 6.78. The fraction of sp³-hybridized carbons (Fsp3) is 0.818. The number of allylic oxidation sites excluding steroid dienone is 1. The van der Waals surface area contributed by atoms with Crippen LogP contribution in [0.1, 0.15) is 47.5 Å². The lowest BCUT2D eigenvalue weighted by Crippen LogP contribution is -2.15. The molecule has 0 radical (unpaired) electrons. The quantitative estimate of drug-likeness (QED) is 0.591. The van der Waals surface area contributed by atoms with Gasteiger partial charge in [-0.05, 0) is 19.8 Å². The highest BCUT2D eigenvalue weighted by atomic mass is 32.2. The van der Waals surface area contributed by atoms with E-state index in [0.717, 1.165) is 5.25 Å². The first-order chi connectivity index (χ1) is 5.35. The molecule has 0 rings (SSSR count). The molecule has 1 unspecified atom stereocenters. The molecule has 0 heterocycles. The molecule has 0 nitrogen and oxygen atoms in total. The maximum atomic E-state index is 3.96. The summed E-state index contributed by atoms with van der Waals surface area (Å²) in [5.74, 6) is 0. The van der Waals surface area contributed by atoms with Gasteiger partial charge in [-0.15, -0.1) is 6.58 Å². The highest BCUT2D eigenvalue weighted by Gasteiger charge is 2.17. The van der Waals surface area contributed by atoms with Crippen LogP contribution in [0, 0.1) is 0 Å². The Balaban J connectivity index is 3.92. The zero-order valence-corrected chi connectivity index (χ0v) is 9.92. The molecule has 0 aliphatic heterocycles. The summed E-state index contributed by atoms with van der Waals surface area (Å²) in [6, 6.07) is 0. The number of rotatable bonds is 4. The molecule has 1 atom stereocenters. The number of thioether (sulfide) groups is 1. The summed E-state index contributed by atoms with van der Waals surface area (Å²) in [5.41, 5.74) is 1.30. The van der Waals surface area contributed by atoms with Gasteiger partial charge in [-0.1, -0.05) is 33.3 Å². The molecule has 0 aromatic carbocycles. The Morgan fingerprint density at radius 3 is 2.17 bits per heavy atom. The SMILES string of the molecule is C=C(C)CC(CC)SC(C)(C)C. The largest absolute Gasteiger partial charge is 0.152 e. The van der Waals surface area contributed by atoms with Crippen molar-refractivity contribution in [1.29, 1.82) is 0 Å². The lowest BCUT2D eigenvalue weighted by Gasteiger charge is -2.24. The Kier molecular flexibility index (Phi) is 5.00. The summed E-state index contributed by atoms with van der Waals surface area (Å²) in [7, 11) is 0. The predicted octanol–water partition coefficient (Wildman–Crippen LogP) is 4.26. The van der Waals surface area contributed by atoms with Crippen LogP contribution in [-0.2, 0) is 0 Å². The van der Waals surface area contributed by atoms with Crippen molar-refractivity contribution in [2.75, 3.05) is 0 Å². The van der Waals surface area contributed by atoms with Gasteiger partial charge in [-0.2, -0.15) is 11.8 Å². The van der Waals surface area contributed by atoms with Gasteiger partial charge in [0.05, 0.1) is 0 Å². The van der Waals surface area contributed by atoms with E-state index in [-0.39, 0.29) is 0 Å². The van der Waals surface area contributed by atoms with E-state index in [1.165, 1.54) is 18.4 Å². The number of hydrogen-bond acceptors (Lipinski definition) is 1. The minimum absolute atomic E-state index is 0.385. The van der Waals surface area contributed by atoms with Crippen molar-refractivity contribution in [2.24, 2.45) is 0 Å². The average Bonchev–Trinajstić information content (AvgIpc) is 1.82. The van der Waals surface area contributed by atoms with Crippen molar-refractivity contribution < 1.29 is 0 Å². The van der Waals surface area contributed by atoms with Gasteiger partial charge < -0.3 is 0 Å². The van der Waals surface area contributed by atoms with E-state index < -0.39 is 0 Å². The zero-order chi connectivity index (χ0) is 9.78. The first kappa shape index (κ1) is 12.1. The van der Waals surface area contributed by atoms with E-state index in [1.54, 1.807) is 0 Å². The molecule has 0 N–H and O–H groups in total. The van der Waals surface area contributed by atoms with Gasteiger partial charge in [0, 0.05) is 10.00 Å². The van der Waals surface area contributed by atoms with Crippen LogP contribution in [0.5, 0.6) is 0 Å². The molecule has 0 aromatic rings. The fourth-order valence-electron chi connectivity index (χ4n) is 1.16. The molecular weight excluding hydrogens is 164 g/mol. The molecule has 0 aliphatic rings. The highest BCUT2D eigenvalue weighted by Crippen LogP contribution is 2.32. The van der Waals surface area contributed by atoms with Crippen LogP contribution in [-0.4, -0.2) is 10.00 Å². The summed E-state index contributed by atoms with van der Waals surface area (Å²) < 4.78 is 0.385. The maximum Gasteiger partial charge on any atom is 0.00866 e. The smallest absolute Gasteiger partial charge is 0.00866 e. The van der Waals surface area contributed by atoms with Crippen molar-refractivity contribution in [2.45, 2.75) is 57.5 Å². The number of hydrogen-bond donors (Lipinski definition) is 0. The van der Waals surface area contributed by atoms with E-state index in [2.05, 4.69) is 53.0 Å². The summed E-state index contributed by atoms with van der Waals surface area (Å²) in [6.45, 7) is 15.2. The average molecular weight is 186 g/mol. The third-order valence-electron chi connectivity index (χ3n) is 1.55. The van der Waals surface area contributed by atoms with E-state index in [0.29, 0.717) is 4.75 Å². The van der Waals surface area contributed by atoms with Gasteiger partial charge in [0.1, 0.15) is 0 Å². The fourth-order valence-corrected chi connectivity index (χ4v) is 2.69. The lowest BCUT2D eigenvalue weighted by molar-refractivity contribution is 0.755. The zero-order valence-electron chi connectivity index (χ0n) is 9.11. The third-order valence-corrected chi connectivity index (χ3v) is 3.09. The first-order valence-corrected chi connectivity index (χ1v) is 5.55. The molecule has 0 aromatic heterocycles. The minimum Gasteiger partial charge on any atom is -0.152 e. The van der Waals surface area contributed by atoms with Gasteiger partial charge in [-0.3, -0.25) is 0 Å². The molecule has 0 spiro atoms. The van der Waals surface area contributed by atoms with Crippen LogP contribution < -0.4 is 0 Å². The molecular formula is C11H22S. The van der Waals surface area contributed by atoms with Crippen LogP contribution in [0.2, 0.25) is 0 Å². The molecule has 0 saturated heterocycles. The van der Waals surface area contributed by atoms with Gasteiger partial charge in [0.25, 0.3) is 0 Å². The van der Waals surface area contributed by atoms with Crippen LogP contribution in [0.4, 0.5) is 0 Å². The Labute approximate surface area is 81.8 Å². The van der Waals surface area contributed by atoms with Crippen LogP contribution in [0.3, 0.4) is 0 Å². The van der Waals surface area contributed by atoms with Gasteiger partial charge in [0.15, 0.2) is 0 Å². The monoisotopic (exact) mass is 186 g/mol. The maximum absolute atomic E-state index is 3.96. The van der Waals surface area contributed by atoms with Gasteiger partial charge in [0.2, 0.25) is 0 Å². The molecule has 1 heteroatoms. The Morgan fingerprint density at radius 1 is 1.42 bits per heavy atom. The van der Waals surface area contributed by atoms with E-state index in [4.69, 9.17) is 0 Å². The van der Waals surface area contributed by atoms with E-state index >= 15 is 0 Å². The molecule has 72 valence electrons. The molecule has 0 bridgehead atoms. The Hall–Kier alpha value is 0.0900. The second kappa shape index (κ2) is 4.96. The standard InChI is InChI=1S/C11H22S/c1-7-10(8-9(2)3)12-11(4,5)6/h10H,2,7-8H2,1,3-6H3. The van der Waals surface area contributed by atoms with Crippen molar-refractivity contribution in [3.63, 3.8) is 0 Å². The van der Waals surface area contributed by atoms with Crippen molar-refractivity contribution in [1.82, 2.24) is 0 Å². The second-order valence-corrected chi connectivity index (χ2v) is 6.55. The van der Waals surface area contributed by atoms with E-state index in [9.17, 15) is 0 Å². The molecule has 12 heavy (non-hydrogen) atoms. The van der Waals surface area contributed by atoms with E-state index in [1.807, 2.05) is 0 Å². The summed E-state index contributed by atoms with van der Waals surface area (Å²) in [5, 5.41) is 0.752. The van der Waals surface area contributed by atoms with Crippen LogP contribution in [0.25, 0.3) is 0 Å². The second-order valence-electron chi connectivity index (χ2n) is 4.42. The summed E-state index contributed by atoms with van der Waals surface area (Å²) in [6.07, 6.45) is 2.41. The van der Waals surface area contributed by atoms with Crippen molar-refractivity contribution in [3.05, 3.63) is 12.2 Å².